The smallest absolute Gasteiger partial charge is 0.251 e. The molecule has 0 radical (unpaired) electrons. The molecule has 1 saturated heterocycles. The maximum atomic E-state index is 13.8. The standard InChI is InChI=1S/C22H25FN2O3.ClH/c23-19-4-2-1-3-17(19)13-16-7-10-25(11-8-16)12-9-24-22(26)18-5-6-20-21(14-18)28-15-27-20;/h1-6,14,16H,7-13,15H2,(H,24,26);1H. The van der Waals surface area contributed by atoms with Crippen molar-refractivity contribution < 1.29 is 18.7 Å². The van der Waals surface area contributed by atoms with E-state index >= 15 is 0 Å². The highest BCUT2D eigenvalue weighted by atomic mass is 35.5. The van der Waals surface area contributed by atoms with Crippen LogP contribution in [0, 0.1) is 11.7 Å². The molecule has 0 aliphatic carbocycles. The summed E-state index contributed by atoms with van der Waals surface area (Å²) in [5.74, 6) is 1.61. The molecular formula is C22H26ClFN2O3. The van der Waals surface area contributed by atoms with E-state index < -0.39 is 0 Å². The first-order chi connectivity index (χ1) is 13.7. The van der Waals surface area contributed by atoms with Crippen LogP contribution in [0.25, 0.3) is 0 Å². The predicted octanol–water partition coefficient (Wildman–Crippen LogP) is 3.66. The molecule has 1 N–H and O–H groups in total. The van der Waals surface area contributed by atoms with Crippen molar-refractivity contribution in [2.45, 2.75) is 19.3 Å². The molecular weight excluding hydrogens is 395 g/mol. The van der Waals surface area contributed by atoms with Gasteiger partial charge in [-0.3, -0.25) is 4.79 Å². The van der Waals surface area contributed by atoms with Crippen LogP contribution in [0.5, 0.6) is 11.5 Å². The Morgan fingerprint density at radius 3 is 2.66 bits per heavy atom. The Balaban J connectivity index is 0.00000240. The van der Waals surface area contributed by atoms with E-state index in [0.717, 1.165) is 44.5 Å². The topological polar surface area (TPSA) is 50.8 Å². The molecule has 2 aromatic rings. The van der Waals surface area contributed by atoms with Crippen LogP contribution < -0.4 is 14.8 Å². The van der Waals surface area contributed by atoms with Gasteiger partial charge in [0.25, 0.3) is 5.91 Å². The molecule has 156 valence electrons. The zero-order valence-corrected chi connectivity index (χ0v) is 17.1. The fourth-order valence-corrected chi connectivity index (χ4v) is 3.86. The lowest BCUT2D eigenvalue weighted by Gasteiger charge is -2.32. The van der Waals surface area contributed by atoms with Gasteiger partial charge in [0.2, 0.25) is 6.79 Å². The number of rotatable bonds is 6. The number of likely N-dealkylation sites (tertiary alicyclic amines) is 1. The van der Waals surface area contributed by atoms with Gasteiger partial charge in [0.1, 0.15) is 5.82 Å². The number of carbonyl (C=O) groups excluding carboxylic acids is 1. The van der Waals surface area contributed by atoms with Crippen LogP contribution in [0.2, 0.25) is 0 Å². The van der Waals surface area contributed by atoms with E-state index in [-0.39, 0.29) is 30.9 Å². The lowest BCUT2D eigenvalue weighted by molar-refractivity contribution is 0.0943. The largest absolute Gasteiger partial charge is 0.454 e. The van der Waals surface area contributed by atoms with Crippen molar-refractivity contribution in [2.75, 3.05) is 33.0 Å². The van der Waals surface area contributed by atoms with E-state index in [1.807, 2.05) is 12.1 Å². The Bertz CT molecular complexity index is 841. The average Bonchev–Trinajstić information content (AvgIpc) is 3.19. The van der Waals surface area contributed by atoms with Gasteiger partial charge >= 0.3 is 0 Å². The number of nitrogens with zero attached hydrogens (tertiary/aromatic N) is 1. The number of hydrogen-bond acceptors (Lipinski definition) is 4. The first-order valence-electron chi connectivity index (χ1n) is 9.82. The molecule has 0 unspecified atom stereocenters. The van der Waals surface area contributed by atoms with Crippen molar-refractivity contribution in [1.29, 1.82) is 0 Å². The van der Waals surface area contributed by atoms with Crippen molar-refractivity contribution in [3.8, 4) is 11.5 Å². The van der Waals surface area contributed by atoms with E-state index in [0.29, 0.717) is 29.5 Å². The molecule has 0 bridgehead atoms. The number of benzene rings is 2. The summed E-state index contributed by atoms with van der Waals surface area (Å²) in [4.78, 5) is 14.7. The van der Waals surface area contributed by atoms with Crippen LogP contribution in [0.1, 0.15) is 28.8 Å². The van der Waals surface area contributed by atoms with Gasteiger partial charge < -0.3 is 19.7 Å². The van der Waals surface area contributed by atoms with Crippen molar-refractivity contribution in [2.24, 2.45) is 5.92 Å². The summed E-state index contributed by atoms with van der Waals surface area (Å²) in [7, 11) is 0. The van der Waals surface area contributed by atoms with Crippen molar-refractivity contribution in [1.82, 2.24) is 10.2 Å². The van der Waals surface area contributed by atoms with E-state index in [4.69, 9.17) is 9.47 Å². The minimum absolute atomic E-state index is 0. The molecule has 4 rings (SSSR count). The highest BCUT2D eigenvalue weighted by Gasteiger charge is 2.21. The number of halogens is 2. The monoisotopic (exact) mass is 420 g/mol. The Labute approximate surface area is 176 Å². The lowest BCUT2D eigenvalue weighted by Crippen LogP contribution is -2.40. The molecule has 2 aromatic carbocycles. The fraction of sp³-hybridized carbons (Fsp3) is 0.409. The van der Waals surface area contributed by atoms with Crippen molar-refractivity contribution >= 4 is 18.3 Å². The van der Waals surface area contributed by atoms with Gasteiger partial charge in [-0.25, -0.2) is 4.39 Å². The number of amides is 1. The lowest BCUT2D eigenvalue weighted by atomic mass is 9.90. The second kappa shape index (κ2) is 9.94. The molecule has 1 amide bonds. The summed E-state index contributed by atoms with van der Waals surface area (Å²) in [6.45, 7) is 3.60. The molecule has 7 heteroatoms. The van der Waals surface area contributed by atoms with Crippen LogP contribution in [-0.2, 0) is 6.42 Å². The van der Waals surface area contributed by atoms with Gasteiger partial charge in [-0.05, 0) is 68.1 Å². The zero-order valence-electron chi connectivity index (χ0n) is 16.2. The van der Waals surface area contributed by atoms with Gasteiger partial charge in [0.15, 0.2) is 11.5 Å². The molecule has 2 heterocycles. The number of ether oxygens (including phenoxy) is 2. The minimum atomic E-state index is -0.104. The van der Waals surface area contributed by atoms with Crippen LogP contribution in [0.3, 0.4) is 0 Å². The summed E-state index contributed by atoms with van der Waals surface area (Å²) in [5, 5.41) is 2.97. The third-order valence-corrected chi connectivity index (χ3v) is 5.52. The number of fused-ring (bicyclic) bond motifs is 1. The third kappa shape index (κ3) is 5.40. The Morgan fingerprint density at radius 1 is 1.10 bits per heavy atom. The van der Waals surface area contributed by atoms with E-state index in [9.17, 15) is 9.18 Å². The van der Waals surface area contributed by atoms with Gasteiger partial charge in [0.05, 0.1) is 0 Å². The number of piperidine rings is 1. The Morgan fingerprint density at radius 2 is 1.86 bits per heavy atom. The zero-order chi connectivity index (χ0) is 19.3. The first-order valence-corrected chi connectivity index (χ1v) is 9.82. The summed E-state index contributed by atoms with van der Waals surface area (Å²) < 4.78 is 24.4. The van der Waals surface area contributed by atoms with Crippen LogP contribution in [0.15, 0.2) is 42.5 Å². The maximum Gasteiger partial charge on any atom is 0.251 e. The second-order valence-electron chi connectivity index (χ2n) is 7.40. The SMILES string of the molecule is Cl.O=C(NCCN1CCC(Cc2ccccc2F)CC1)c1ccc2c(c1)OCO2. The Hall–Kier alpha value is -2.31. The quantitative estimate of drug-likeness (QED) is 0.774. The summed E-state index contributed by atoms with van der Waals surface area (Å²) >= 11 is 0. The molecule has 2 aliphatic rings. The summed E-state index contributed by atoms with van der Waals surface area (Å²) in [5.41, 5.74) is 1.39. The van der Waals surface area contributed by atoms with E-state index in [1.165, 1.54) is 6.07 Å². The first kappa shape index (κ1) is 21.4. The molecule has 0 saturated carbocycles. The van der Waals surface area contributed by atoms with E-state index in [1.54, 1.807) is 24.3 Å². The molecule has 29 heavy (non-hydrogen) atoms. The molecule has 1 fully saturated rings. The number of carbonyl (C=O) groups is 1. The van der Waals surface area contributed by atoms with Gasteiger partial charge in [-0.1, -0.05) is 18.2 Å². The maximum absolute atomic E-state index is 13.8. The molecule has 0 spiro atoms. The minimum Gasteiger partial charge on any atom is -0.454 e. The second-order valence-corrected chi connectivity index (χ2v) is 7.40. The average molecular weight is 421 g/mol. The van der Waals surface area contributed by atoms with Crippen molar-refractivity contribution in [3.63, 3.8) is 0 Å². The highest BCUT2D eigenvalue weighted by molar-refractivity contribution is 5.94. The molecule has 5 nitrogen and oxygen atoms in total. The molecule has 2 aliphatic heterocycles. The third-order valence-electron chi connectivity index (χ3n) is 5.52. The van der Waals surface area contributed by atoms with Crippen LogP contribution in [0.4, 0.5) is 4.39 Å². The number of hydrogen-bond donors (Lipinski definition) is 1. The fourth-order valence-electron chi connectivity index (χ4n) is 3.86. The predicted molar refractivity (Wildman–Crippen MR) is 111 cm³/mol. The molecule has 0 atom stereocenters. The van der Waals surface area contributed by atoms with Crippen molar-refractivity contribution in [3.05, 3.63) is 59.4 Å². The van der Waals surface area contributed by atoms with Crippen LogP contribution in [-0.4, -0.2) is 43.8 Å². The van der Waals surface area contributed by atoms with Gasteiger partial charge in [-0.15, -0.1) is 12.4 Å². The molecule has 0 aromatic heterocycles. The normalized spacial score (nSPS) is 16.3. The van der Waals surface area contributed by atoms with E-state index in [2.05, 4.69) is 10.2 Å². The summed E-state index contributed by atoms with van der Waals surface area (Å²) in [6.07, 6.45) is 2.93. The highest BCUT2D eigenvalue weighted by Crippen LogP contribution is 2.32. The van der Waals surface area contributed by atoms with Crippen LogP contribution >= 0.6 is 12.4 Å². The van der Waals surface area contributed by atoms with Gasteiger partial charge in [-0.2, -0.15) is 0 Å². The summed E-state index contributed by atoms with van der Waals surface area (Å²) in [6, 6.07) is 12.3. The van der Waals surface area contributed by atoms with Gasteiger partial charge in [0, 0.05) is 18.7 Å². The number of nitrogens with one attached hydrogen (secondary N) is 1. The Kier molecular flexibility index (Phi) is 7.34.